The van der Waals surface area contributed by atoms with Crippen molar-refractivity contribution in [2.75, 3.05) is 31.5 Å². The maximum atomic E-state index is 12.2. The molecule has 1 aromatic rings. The van der Waals surface area contributed by atoms with Gasteiger partial charge in [-0.2, -0.15) is 0 Å². The summed E-state index contributed by atoms with van der Waals surface area (Å²) >= 11 is 0. The Balaban J connectivity index is 1.92. The van der Waals surface area contributed by atoms with E-state index in [9.17, 15) is 9.59 Å². The molecule has 2 N–H and O–H groups in total. The quantitative estimate of drug-likeness (QED) is 0.862. The lowest BCUT2D eigenvalue weighted by molar-refractivity contribution is -0.121. The van der Waals surface area contributed by atoms with Crippen LogP contribution >= 0.6 is 0 Å². The highest BCUT2D eigenvalue weighted by atomic mass is 16.5. The van der Waals surface area contributed by atoms with Crippen LogP contribution in [0.25, 0.3) is 0 Å². The monoisotopic (exact) mass is 319 g/mol. The van der Waals surface area contributed by atoms with Crippen molar-refractivity contribution in [3.8, 4) is 0 Å². The minimum Gasteiger partial charge on any atom is -0.373 e. The number of anilines is 1. The summed E-state index contributed by atoms with van der Waals surface area (Å²) in [5.74, 6) is -0.223. The number of ether oxygens (including phenoxy) is 1. The summed E-state index contributed by atoms with van der Waals surface area (Å²) < 4.78 is 5.66. The number of rotatable bonds is 5. The number of carbonyl (C=O) groups is 2. The van der Waals surface area contributed by atoms with Gasteiger partial charge in [0.05, 0.1) is 18.8 Å². The lowest BCUT2D eigenvalue weighted by Crippen LogP contribution is -2.48. The number of nitrogens with zero attached hydrogens (tertiary/aromatic N) is 1. The maximum Gasteiger partial charge on any atom is 0.251 e. The fourth-order valence-electron chi connectivity index (χ4n) is 2.82. The zero-order valence-corrected chi connectivity index (χ0v) is 14.0. The third-order valence-electron chi connectivity index (χ3n) is 3.61. The van der Waals surface area contributed by atoms with Crippen LogP contribution in [0.2, 0.25) is 0 Å². The first-order valence-corrected chi connectivity index (χ1v) is 8.04. The molecule has 6 heteroatoms. The molecule has 1 aliphatic heterocycles. The average Bonchev–Trinajstić information content (AvgIpc) is 2.46. The van der Waals surface area contributed by atoms with Crippen molar-refractivity contribution in [3.63, 3.8) is 0 Å². The first-order valence-electron chi connectivity index (χ1n) is 8.04. The zero-order chi connectivity index (χ0) is 16.8. The van der Waals surface area contributed by atoms with Gasteiger partial charge in [0.1, 0.15) is 0 Å². The lowest BCUT2D eigenvalue weighted by Gasteiger charge is -2.34. The van der Waals surface area contributed by atoms with Gasteiger partial charge in [-0.25, -0.2) is 0 Å². The van der Waals surface area contributed by atoms with Crippen LogP contribution in [0.3, 0.4) is 0 Å². The van der Waals surface area contributed by atoms with E-state index in [4.69, 9.17) is 4.74 Å². The maximum absolute atomic E-state index is 12.2. The van der Waals surface area contributed by atoms with Gasteiger partial charge in [-0.15, -0.1) is 0 Å². The second kappa shape index (κ2) is 8.08. The van der Waals surface area contributed by atoms with Crippen molar-refractivity contribution >= 4 is 17.5 Å². The molecule has 0 bridgehead atoms. The smallest absolute Gasteiger partial charge is 0.251 e. The van der Waals surface area contributed by atoms with E-state index in [1.54, 1.807) is 24.3 Å². The van der Waals surface area contributed by atoms with Crippen molar-refractivity contribution in [1.82, 2.24) is 10.2 Å². The summed E-state index contributed by atoms with van der Waals surface area (Å²) in [4.78, 5) is 26.1. The largest absolute Gasteiger partial charge is 0.373 e. The fourth-order valence-corrected chi connectivity index (χ4v) is 2.82. The summed E-state index contributed by atoms with van der Waals surface area (Å²) in [7, 11) is 0. The third kappa shape index (κ3) is 5.33. The van der Waals surface area contributed by atoms with Crippen LogP contribution < -0.4 is 10.6 Å². The van der Waals surface area contributed by atoms with E-state index < -0.39 is 0 Å². The van der Waals surface area contributed by atoms with Crippen LogP contribution in [-0.4, -0.2) is 55.1 Å². The second-order valence-corrected chi connectivity index (χ2v) is 5.94. The Labute approximate surface area is 137 Å². The molecular formula is C17H25N3O3. The first kappa shape index (κ1) is 17.4. The van der Waals surface area contributed by atoms with Crippen LogP contribution in [0.5, 0.6) is 0 Å². The van der Waals surface area contributed by atoms with E-state index in [0.29, 0.717) is 24.3 Å². The van der Waals surface area contributed by atoms with Crippen LogP contribution in [0, 0.1) is 0 Å². The molecule has 23 heavy (non-hydrogen) atoms. The van der Waals surface area contributed by atoms with Crippen LogP contribution in [0.1, 0.15) is 31.1 Å². The van der Waals surface area contributed by atoms with Gasteiger partial charge in [0, 0.05) is 30.9 Å². The molecule has 0 unspecified atom stereocenters. The fraction of sp³-hybridized carbons (Fsp3) is 0.529. The van der Waals surface area contributed by atoms with Gasteiger partial charge in [-0.1, -0.05) is 6.07 Å². The molecule has 0 saturated carbocycles. The average molecular weight is 319 g/mol. The molecule has 0 aliphatic carbocycles. The Bertz CT molecular complexity index is 552. The summed E-state index contributed by atoms with van der Waals surface area (Å²) in [5, 5.41) is 5.60. The van der Waals surface area contributed by atoms with Gasteiger partial charge in [-0.3, -0.25) is 14.5 Å². The van der Waals surface area contributed by atoms with Crippen molar-refractivity contribution in [1.29, 1.82) is 0 Å². The number of carbonyl (C=O) groups excluding carboxylic acids is 2. The topological polar surface area (TPSA) is 70.7 Å². The Morgan fingerprint density at radius 3 is 2.61 bits per heavy atom. The molecule has 1 saturated heterocycles. The van der Waals surface area contributed by atoms with Crippen LogP contribution in [0.15, 0.2) is 24.3 Å². The summed E-state index contributed by atoms with van der Waals surface area (Å²) in [5.41, 5.74) is 1.17. The summed E-state index contributed by atoms with van der Waals surface area (Å²) in [6.45, 7) is 8.28. The van der Waals surface area contributed by atoms with E-state index in [-0.39, 0.29) is 24.0 Å². The molecular weight excluding hydrogens is 294 g/mol. The Hall–Kier alpha value is -1.92. The van der Waals surface area contributed by atoms with Crippen molar-refractivity contribution in [2.24, 2.45) is 0 Å². The second-order valence-electron chi connectivity index (χ2n) is 5.94. The SMILES string of the molecule is CCNC(=O)c1cccc(NC(=O)CN2C[C@H](C)O[C@@H](C)C2)c1. The molecule has 1 aliphatic rings. The molecule has 6 nitrogen and oxygen atoms in total. The number of morpholine rings is 1. The van der Waals surface area contributed by atoms with Gasteiger partial charge in [-0.05, 0) is 39.0 Å². The zero-order valence-electron chi connectivity index (χ0n) is 14.0. The minimum absolute atomic E-state index is 0.0839. The molecule has 0 aromatic heterocycles. The third-order valence-corrected chi connectivity index (χ3v) is 3.61. The molecule has 1 aromatic carbocycles. The Kier molecular flexibility index (Phi) is 6.12. The standard InChI is InChI=1S/C17H25N3O3/c1-4-18-17(22)14-6-5-7-15(8-14)19-16(21)11-20-9-12(2)23-13(3)10-20/h5-8,12-13H,4,9-11H2,1-3H3,(H,18,22)(H,19,21)/t12-,13-/m0/s1. The van der Waals surface area contributed by atoms with Gasteiger partial charge in [0.25, 0.3) is 5.91 Å². The van der Waals surface area contributed by atoms with Crippen molar-refractivity contribution in [3.05, 3.63) is 29.8 Å². The van der Waals surface area contributed by atoms with Crippen molar-refractivity contribution < 1.29 is 14.3 Å². The highest BCUT2D eigenvalue weighted by Crippen LogP contribution is 2.13. The van der Waals surface area contributed by atoms with E-state index in [0.717, 1.165) is 13.1 Å². The van der Waals surface area contributed by atoms with Gasteiger partial charge in [0.2, 0.25) is 5.91 Å². The molecule has 2 amide bonds. The number of amides is 2. The highest BCUT2D eigenvalue weighted by molar-refractivity contribution is 5.97. The number of benzene rings is 1. The highest BCUT2D eigenvalue weighted by Gasteiger charge is 2.23. The molecule has 126 valence electrons. The molecule has 2 atom stereocenters. The molecule has 1 heterocycles. The van der Waals surface area contributed by atoms with Crippen LogP contribution in [-0.2, 0) is 9.53 Å². The molecule has 2 rings (SSSR count). The lowest BCUT2D eigenvalue weighted by atomic mass is 10.2. The summed E-state index contributed by atoms with van der Waals surface area (Å²) in [6, 6.07) is 6.96. The Morgan fingerprint density at radius 2 is 1.96 bits per heavy atom. The van der Waals surface area contributed by atoms with Gasteiger partial charge >= 0.3 is 0 Å². The van der Waals surface area contributed by atoms with Crippen molar-refractivity contribution in [2.45, 2.75) is 33.0 Å². The van der Waals surface area contributed by atoms with Gasteiger partial charge < -0.3 is 15.4 Å². The van der Waals surface area contributed by atoms with E-state index in [2.05, 4.69) is 15.5 Å². The molecule has 1 fully saturated rings. The van der Waals surface area contributed by atoms with Crippen LogP contribution in [0.4, 0.5) is 5.69 Å². The predicted octanol–water partition coefficient (Wildman–Crippen LogP) is 1.48. The Morgan fingerprint density at radius 1 is 1.26 bits per heavy atom. The molecule has 0 spiro atoms. The van der Waals surface area contributed by atoms with E-state index in [1.807, 2.05) is 20.8 Å². The predicted molar refractivity (Wildman–Crippen MR) is 89.5 cm³/mol. The number of nitrogens with one attached hydrogen (secondary N) is 2. The van der Waals surface area contributed by atoms with Gasteiger partial charge in [0.15, 0.2) is 0 Å². The van der Waals surface area contributed by atoms with E-state index in [1.165, 1.54) is 0 Å². The van der Waals surface area contributed by atoms with E-state index >= 15 is 0 Å². The number of hydrogen-bond donors (Lipinski definition) is 2. The number of hydrogen-bond acceptors (Lipinski definition) is 4. The minimum atomic E-state index is -0.139. The summed E-state index contributed by atoms with van der Waals surface area (Å²) in [6.07, 6.45) is 0.264. The first-order chi connectivity index (χ1) is 11.0. The molecule has 0 radical (unpaired) electrons. The normalized spacial score (nSPS) is 21.7.